The number of carbonyl (C=O) groups is 1. The first-order chi connectivity index (χ1) is 15.7. The summed E-state index contributed by atoms with van der Waals surface area (Å²) in [4.78, 5) is 13.7. The van der Waals surface area contributed by atoms with Gasteiger partial charge in [-0.15, -0.1) is 0 Å². The molecule has 0 saturated carbocycles. The van der Waals surface area contributed by atoms with Gasteiger partial charge >= 0.3 is 0 Å². The summed E-state index contributed by atoms with van der Waals surface area (Å²) < 4.78 is 55.1. The van der Waals surface area contributed by atoms with Crippen LogP contribution in [-0.2, 0) is 15.6 Å². The Labute approximate surface area is 195 Å². The van der Waals surface area contributed by atoms with E-state index in [1.807, 2.05) is 0 Å². The minimum Gasteiger partial charge on any atom is -0.505 e. The first kappa shape index (κ1) is 23.2. The Morgan fingerprint density at radius 1 is 1.00 bits per heavy atom. The lowest BCUT2D eigenvalue weighted by molar-refractivity contribution is 0.0792. The van der Waals surface area contributed by atoms with Crippen molar-refractivity contribution in [1.82, 2.24) is 4.90 Å². The van der Waals surface area contributed by atoms with Crippen molar-refractivity contribution in [2.24, 2.45) is 0 Å². The standard InChI is InChI=1S/C24H20ClF2NO4S/c25-19-11-17(24(30)28-8-4-5-9-28)13-21(23(19)29)33(31,32)14-18-10-16(12-20(26)22(18)27)15-6-2-1-3-7-15/h1-3,6-7,10-13,29H,4-5,8-9,14H2. The highest BCUT2D eigenvalue weighted by atomic mass is 35.5. The van der Waals surface area contributed by atoms with Crippen LogP contribution in [0.5, 0.6) is 5.75 Å². The van der Waals surface area contributed by atoms with E-state index in [0.717, 1.165) is 25.0 Å². The lowest BCUT2D eigenvalue weighted by Gasteiger charge is -2.17. The maximum atomic E-state index is 14.5. The average Bonchev–Trinajstić information content (AvgIpc) is 3.33. The molecule has 0 aromatic heterocycles. The van der Waals surface area contributed by atoms with Crippen LogP contribution in [0.2, 0.25) is 5.02 Å². The van der Waals surface area contributed by atoms with Crippen LogP contribution in [0.15, 0.2) is 59.5 Å². The Kier molecular flexibility index (Phi) is 6.41. The van der Waals surface area contributed by atoms with Gasteiger partial charge in [0.2, 0.25) is 0 Å². The van der Waals surface area contributed by atoms with Crippen molar-refractivity contribution in [3.63, 3.8) is 0 Å². The van der Waals surface area contributed by atoms with Crippen molar-refractivity contribution in [3.05, 3.63) is 82.4 Å². The van der Waals surface area contributed by atoms with Crippen LogP contribution < -0.4 is 0 Å². The number of likely N-dealkylation sites (tertiary alicyclic amines) is 1. The number of hydrogen-bond donors (Lipinski definition) is 1. The molecule has 3 aromatic rings. The minimum absolute atomic E-state index is 0.00274. The third kappa shape index (κ3) is 4.72. The molecular weight excluding hydrogens is 472 g/mol. The van der Waals surface area contributed by atoms with Crippen molar-refractivity contribution < 1.29 is 27.1 Å². The average molecular weight is 492 g/mol. The van der Waals surface area contributed by atoms with Crippen LogP contribution in [-0.4, -0.2) is 37.4 Å². The van der Waals surface area contributed by atoms with Crippen LogP contribution in [0.3, 0.4) is 0 Å². The maximum Gasteiger partial charge on any atom is 0.253 e. The summed E-state index contributed by atoms with van der Waals surface area (Å²) in [5, 5.41) is 10.0. The summed E-state index contributed by atoms with van der Waals surface area (Å²) in [6.45, 7) is 1.08. The molecule has 5 nitrogen and oxygen atoms in total. The fourth-order valence-electron chi connectivity index (χ4n) is 3.87. The normalized spacial score (nSPS) is 14.0. The van der Waals surface area contributed by atoms with Crippen LogP contribution in [0.25, 0.3) is 11.1 Å². The summed E-state index contributed by atoms with van der Waals surface area (Å²) in [5.41, 5.74) is 0.489. The van der Waals surface area contributed by atoms with Gasteiger partial charge in [0.15, 0.2) is 27.2 Å². The molecule has 0 bridgehead atoms. The largest absolute Gasteiger partial charge is 0.505 e. The fraction of sp³-hybridized carbons (Fsp3) is 0.208. The van der Waals surface area contributed by atoms with Crippen LogP contribution in [0.4, 0.5) is 8.78 Å². The lowest BCUT2D eigenvalue weighted by Crippen LogP contribution is -2.27. The van der Waals surface area contributed by atoms with E-state index in [-0.39, 0.29) is 10.6 Å². The molecule has 172 valence electrons. The molecule has 0 aliphatic carbocycles. The molecule has 4 rings (SSSR count). The second-order valence-electron chi connectivity index (χ2n) is 7.86. The van der Waals surface area contributed by atoms with Crippen molar-refractivity contribution in [3.8, 4) is 16.9 Å². The summed E-state index contributed by atoms with van der Waals surface area (Å²) in [5.74, 6) is -4.57. The number of nitrogens with zero attached hydrogens (tertiary/aromatic N) is 1. The van der Waals surface area contributed by atoms with Gasteiger partial charge in [-0.2, -0.15) is 0 Å². The van der Waals surface area contributed by atoms with E-state index >= 15 is 0 Å². The Morgan fingerprint density at radius 2 is 1.67 bits per heavy atom. The highest BCUT2D eigenvalue weighted by molar-refractivity contribution is 7.90. The lowest BCUT2D eigenvalue weighted by atomic mass is 10.0. The number of rotatable bonds is 5. The highest BCUT2D eigenvalue weighted by Gasteiger charge is 2.28. The molecule has 1 N–H and O–H groups in total. The van der Waals surface area contributed by atoms with E-state index in [0.29, 0.717) is 24.2 Å². The predicted octanol–water partition coefficient (Wildman–Crippen LogP) is 5.20. The fourth-order valence-corrected chi connectivity index (χ4v) is 5.63. The Bertz CT molecular complexity index is 1320. The van der Waals surface area contributed by atoms with Gasteiger partial charge in [0.1, 0.15) is 4.90 Å². The molecule has 1 aliphatic heterocycles. The second-order valence-corrected chi connectivity index (χ2v) is 10.2. The quantitative estimate of drug-likeness (QED) is 0.532. The zero-order valence-electron chi connectivity index (χ0n) is 17.4. The summed E-state index contributed by atoms with van der Waals surface area (Å²) >= 11 is 6.02. The molecule has 1 aliphatic rings. The van der Waals surface area contributed by atoms with Gasteiger partial charge < -0.3 is 10.0 Å². The van der Waals surface area contributed by atoms with E-state index in [4.69, 9.17) is 11.6 Å². The van der Waals surface area contributed by atoms with E-state index in [1.54, 1.807) is 35.2 Å². The molecule has 0 spiro atoms. The summed E-state index contributed by atoms with van der Waals surface area (Å²) in [7, 11) is -4.40. The Morgan fingerprint density at radius 3 is 2.33 bits per heavy atom. The molecule has 1 amide bonds. The topological polar surface area (TPSA) is 74.7 Å². The van der Waals surface area contributed by atoms with Crippen molar-refractivity contribution in [1.29, 1.82) is 0 Å². The van der Waals surface area contributed by atoms with Gasteiger partial charge in [0.05, 0.1) is 10.8 Å². The second kappa shape index (κ2) is 9.11. The summed E-state index contributed by atoms with van der Waals surface area (Å²) in [6.07, 6.45) is 1.68. The van der Waals surface area contributed by atoms with E-state index in [9.17, 15) is 27.1 Å². The van der Waals surface area contributed by atoms with Crippen LogP contribution >= 0.6 is 11.6 Å². The van der Waals surface area contributed by atoms with Gasteiger partial charge in [-0.1, -0.05) is 41.9 Å². The molecular formula is C24H20ClF2NO4S. The number of hydrogen-bond acceptors (Lipinski definition) is 4. The van der Waals surface area contributed by atoms with Gasteiger partial charge in [-0.05, 0) is 48.2 Å². The molecule has 9 heteroatoms. The number of sulfone groups is 1. The Balaban J connectivity index is 1.74. The van der Waals surface area contributed by atoms with Crippen LogP contribution in [0, 0.1) is 11.6 Å². The number of halogens is 3. The predicted molar refractivity (Wildman–Crippen MR) is 121 cm³/mol. The molecule has 1 saturated heterocycles. The molecule has 0 radical (unpaired) electrons. The van der Waals surface area contributed by atoms with Crippen molar-refractivity contribution in [2.75, 3.05) is 13.1 Å². The molecule has 33 heavy (non-hydrogen) atoms. The van der Waals surface area contributed by atoms with Crippen LogP contribution in [0.1, 0.15) is 28.8 Å². The Hall–Kier alpha value is -2.97. The maximum absolute atomic E-state index is 14.5. The SMILES string of the molecule is O=C(c1cc(Cl)c(O)c(S(=O)(=O)Cc2cc(-c3ccccc3)cc(F)c2F)c1)N1CCCC1. The van der Waals surface area contributed by atoms with Crippen molar-refractivity contribution >= 4 is 27.3 Å². The smallest absolute Gasteiger partial charge is 0.253 e. The number of phenols is 1. The first-order valence-electron chi connectivity index (χ1n) is 10.3. The third-order valence-electron chi connectivity index (χ3n) is 5.56. The minimum atomic E-state index is -4.40. The number of benzene rings is 3. The molecule has 3 aromatic carbocycles. The molecule has 0 atom stereocenters. The van der Waals surface area contributed by atoms with E-state index < -0.39 is 49.3 Å². The van der Waals surface area contributed by atoms with Gasteiger partial charge in [0.25, 0.3) is 5.91 Å². The zero-order chi connectivity index (χ0) is 23.8. The van der Waals surface area contributed by atoms with Gasteiger partial charge in [-0.25, -0.2) is 17.2 Å². The van der Waals surface area contributed by atoms with Gasteiger partial charge in [-0.3, -0.25) is 4.79 Å². The number of amides is 1. The third-order valence-corrected chi connectivity index (χ3v) is 7.52. The van der Waals surface area contributed by atoms with Gasteiger partial charge in [0, 0.05) is 24.2 Å². The number of carbonyl (C=O) groups excluding carboxylic acids is 1. The highest BCUT2D eigenvalue weighted by Crippen LogP contribution is 2.36. The number of phenolic OH excluding ortho intramolecular Hbond substituents is 1. The first-order valence-corrected chi connectivity index (χ1v) is 12.3. The number of aromatic hydroxyl groups is 1. The summed E-state index contributed by atoms with van der Waals surface area (Å²) in [6, 6.07) is 13.0. The monoisotopic (exact) mass is 491 g/mol. The molecule has 1 fully saturated rings. The van der Waals surface area contributed by atoms with E-state index in [1.165, 1.54) is 12.1 Å². The molecule has 0 unspecified atom stereocenters. The van der Waals surface area contributed by atoms with Crippen molar-refractivity contribution in [2.45, 2.75) is 23.5 Å². The van der Waals surface area contributed by atoms with E-state index in [2.05, 4.69) is 0 Å². The zero-order valence-corrected chi connectivity index (χ0v) is 19.0. The molecule has 1 heterocycles.